The van der Waals surface area contributed by atoms with Crippen LogP contribution in [0, 0.1) is 13.5 Å². The molecular formula is C19H24N2O4. The van der Waals surface area contributed by atoms with Crippen LogP contribution in [0.4, 0.5) is 10.5 Å². The largest absolute Gasteiger partial charge is 0.444 e. The van der Waals surface area contributed by atoms with Gasteiger partial charge in [-0.15, -0.1) is 0 Å². The molecule has 0 spiro atoms. The number of hydrogen-bond donors (Lipinski definition) is 2. The van der Waals surface area contributed by atoms with Crippen molar-refractivity contribution in [3.63, 3.8) is 0 Å². The van der Waals surface area contributed by atoms with Gasteiger partial charge in [0.1, 0.15) is 17.2 Å². The Morgan fingerprint density at radius 3 is 2.72 bits per heavy atom. The van der Waals surface area contributed by atoms with Crippen molar-refractivity contribution in [2.45, 2.75) is 64.2 Å². The van der Waals surface area contributed by atoms with Crippen molar-refractivity contribution in [1.82, 2.24) is 5.32 Å². The first-order valence-corrected chi connectivity index (χ1v) is 8.31. The van der Waals surface area contributed by atoms with Crippen LogP contribution in [0.2, 0.25) is 0 Å². The molecule has 0 aromatic heterocycles. The van der Waals surface area contributed by atoms with Crippen LogP contribution in [0.15, 0.2) is 18.2 Å². The molecule has 0 saturated heterocycles. The number of ketones is 1. The van der Waals surface area contributed by atoms with Gasteiger partial charge in [-0.3, -0.25) is 4.79 Å². The van der Waals surface area contributed by atoms with Crippen molar-refractivity contribution in [3.05, 3.63) is 40.7 Å². The van der Waals surface area contributed by atoms with Crippen molar-refractivity contribution < 1.29 is 19.4 Å². The van der Waals surface area contributed by atoms with Gasteiger partial charge < -0.3 is 15.2 Å². The molecular weight excluding hydrogens is 320 g/mol. The molecule has 0 aliphatic heterocycles. The fourth-order valence-corrected chi connectivity index (χ4v) is 3.06. The first-order valence-electron chi connectivity index (χ1n) is 8.31. The van der Waals surface area contributed by atoms with Crippen molar-refractivity contribution >= 4 is 17.6 Å². The predicted molar refractivity (Wildman–Crippen MR) is 93.4 cm³/mol. The van der Waals surface area contributed by atoms with E-state index in [0.717, 1.165) is 5.56 Å². The summed E-state index contributed by atoms with van der Waals surface area (Å²) >= 11 is 0. The van der Waals surface area contributed by atoms with E-state index in [0.29, 0.717) is 30.5 Å². The van der Waals surface area contributed by atoms with E-state index in [1.54, 1.807) is 39.0 Å². The molecule has 1 aromatic carbocycles. The highest BCUT2D eigenvalue weighted by molar-refractivity contribution is 5.96. The maximum atomic E-state index is 12.8. The molecule has 1 aliphatic carbocycles. The van der Waals surface area contributed by atoms with Crippen molar-refractivity contribution in [2.24, 2.45) is 0 Å². The molecule has 6 nitrogen and oxygen atoms in total. The number of hydrogen-bond acceptors (Lipinski definition) is 4. The summed E-state index contributed by atoms with van der Waals surface area (Å²) in [6.07, 6.45) is -0.591. The van der Waals surface area contributed by atoms with Crippen molar-refractivity contribution in [2.75, 3.05) is 0 Å². The van der Waals surface area contributed by atoms with E-state index in [1.807, 2.05) is 6.92 Å². The van der Waals surface area contributed by atoms with Crippen LogP contribution >= 0.6 is 0 Å². The van der Waals surface area contributed by atoms with Crippen LogP contribution in [0.25, 0.3) is 4.85 Å². The number of aryl methyl sites for hydroxylation is 1. The van der Waals surface area contributed by atoms with Crippen LogP contribution < -0.4 is 5.32 Å². The first kappa shape index (κ1) is 18.9. The van der Waals surface area contributed by atoms with E-state index in [-0.39, 0.29) is 0 Å². The Morgan fingerprint density at radius 2 is 2.12 bits per heavy atom. The Labute approximate surface area is 148 Å². The van der Waals surface area contributed by atoms with Crippen LogP contribution in [-0.2, 0) is 15.1 Å². The molecule has 2 atom stereocenters. The van der Waals surface area contributed by atoms with Crippen LogP contribution in [-0.4, -0.2) is 28.7 Å². The Morgan fingerprint density at radius 1 is 1.44 bits per heavy atom. The summed E-state index contributed by atoms with van der Waals surface area (Å²) in [5.41, 5.74) is -0.395. The van der Waals surface area contributed by atoms with Gasteiger partial charge in [0.2, 0.25) is 0 Å². The van der Waals surface area contributed by atoms with E-state index in [1.165, 1.54) is 0 Å². The number of ether oxygens (including phenoxy) is 1. The average molecular weight is 344 g/mol. The van der Waals surface area contributed by atoms with Crippen LogP contribution in [0.3, 0.4) is 0 Å². The zero-order valence-corrected chi connectivity index (χ0v) is 15.0. The number of alkyl carbamates (subject to hydrolysis) is 1. The molecule has 1 aliphatic rings. The van der Waals surface area contributed by atoms with Gasteiger partial charge in [-0.2, -0.15) is 0 Å². The first-order chi connectivity index (χ1) is 11.6. The van der Waals surface area contributed by atoms with E-state index < -0.39 is 29.1 Å². The molecule has 2 N–H and O–H groups in total. The number of carbonyl (C=O) groups is 2. The normalized spacial score (nSPS) is 23.7. The summed E-state index contributed by atoms with van der Waals surface area (Å²) in [6, 6.07) is 5.07. The van der Waals surface area contributed by atoms with Gasteiger partial charge in [0, 0.05) is 0 Å². The number of aliphatic hydroxyl groups excluding tert-OH is 1. The third-order valence-electron chi connectivity index (χ3n) is 4.29. The Hall–Kier alpha value is -2.39. The van der Waals surface area contributed by atoms with Crippen LogP contribution in [0.5, 0.6) is 0 Å². The number of aliphatic hydroxyl groups is 1. The molecule has 2 unspecified atom stereocenters. The maximum Gasteiger partial charge on any atom is 0.408 e. The fourth-order valence-electron chi connectivity index (χ4n) is 3.06. The zero-order valence-electron chi connectivity index (χ0n) is 15.0. The molecule has 1 amide bonds. The number of nitrogens with zero attached hydrogens (tertiary/aromatic N) is 1. The second-order valence-electron chi connectivity index (χ2n) is 7.42. The summed E-state index contributed by atoms with van der Waals surface area (Å²) in [6.45, 7) is 14.3. The Bertz CT molecular complexity index is 730. The third kappa shape index (κ3) is 3.99. The fraction of sp³-hybridized carbons (Fsp3) is 0.526. The quantitative estimate of drug-likeness (QED) is 0.806. The molecule has 1 aromatic rings. The molecule has 2 rings (SSSR count). The minimum Gasteiger partial charge on any atom is -0.444 e. The SMILES string of the molecule is [C-]#[N+]c1cc(C2(NC(=O)OC(C)(C)C)CCCC(O)C2=O)ccc1C. The van der Waals surface area contributed by atoms with E-state index >= 15 is 0 Å². The summed E-state index contributed by atoms with van der Waals surface area (Å²) in [5.74, 6) is -0.468. The number of Topliss-reactive ketones (excluding diaryl/α,β-unsaturated/α-hetero) is 1. The molecule has 1 fully saturated rings. The lowest BCUT2D eigenvalue weighted by Gasteiger charge is -2.39. The molecule has 0 heterocycles. The summed E-state index contributed by atoms with van der Waals surface area (Å²) in [4.78, 5) is 28.7. The third-order valence-corrected chi connectivity index (χ3v) is 4.29. The van der Waals surface area contributed by atoms with Gasteiger partial charge in [0.15, 0.2) is 11.5 Å². The van der Waals surface area contributed by atoms with E-state index in [9.17, 15) is 14.7 Å². The number of benzene rings is 1. The molecule has 6 heteroatoms. The molecule has 134 valence electrons. The number of carbonyl (C=O) groups excluding carboxylic acids is 2. The number of amides is 1. The van der Waals surface area contributed by atoms with E-state index in [2.05, 4.69) is 10.2 Å². The summed E-state index contributed by atoms with van der Waals surface area (Å²) in [7, 11) is 0. The lowest BCUT2D eigenvalue weighted by atomic mass is 9.74. The second kappa shape index (κ2) is 6.85. The number of rotatable bonds is 2. The van der Waals surface area contributed by atoms with E-state index in [4.69, 9.17) is 11.3 Å². The standard InChI is InChI=1S/C19H24N2O4/c1-12-8-9-13(11-14(12)20-5)19(10-6-7-15(22)16(19)23)21-17(24)25-18(2,3)4/h8-9,11,15,22H,6-7,10H2,1-4H3,(H,21,24). The Kier molecular flexibility index (Phi) is 5.19. The average Bonchev–Trinajstić information content (AvgIpc) is 2.50. The summed E-state index contributed by atoms with van der Waals surface area (Å²) in [5, 5.41) is 12.8. The zero-order chi connectivity index (χ0) is 18.8. The molecule has 0 bridgehead atoms. The smallest absolute Gasteiger partial charge is 0.408 e. The maximum absolute atomic E-state index is 12.8. The van der Waals surface area contributed by atoms with Gasteiger partial charge in [0.05, 0.1) is 6.57 Å². The second-order valence-corrected chi connectivity index (χ2v) is 7.42. The minimum atomic E-state index is -1.38. The van der Waals surface area contributed by atoms with Gasteiger partial charge >= 0.3 is 6.09 Å². The topological polar surface area (TPSA) is 80.0 Å². The van der Waals surface area contributed by atoms with Gasteiger partial charge in [-0.05, 0) is 58.1 Å². The molecule has 25 heavy (non-hydrogen) atoms. The highest BCUT2D eigenvalue weighted by Crippen LogP contribution is 2.37. The van der Waals surface area contributed by atoms with Gasteiger partial charge in [-0.25, -0.2) is 9.64 Å². The highest BCUT2D eigenvalue weighted by Gasteiger charge is 2.47. The van der Waals surface area contributed by atoms with Crippen LogP contribution in [0.1, 0.15) is 51.2 Å². The summed E-state index contributed by atoms with van der Waals surface area (Å²) < 4.78 is 5.31. The predicted octanol–water partition coefficient (Wildman–Crippen LogP) is 3.38. The van der Waals surface area contributed by atoms with Gasteiger partial charge in [-0.1, -0.05) is 18.2 Å². The van der Waals surface area contributed by atoms with Crippen molar-refractivity contribution in [3.8, 4) is 0 Å². The molecule has 0 radical (unpaired) electrons. The minimum absolute atomic E-state index is 0.350. The lowest BCUT2D eigenvalue weighted by molar-refractivity contribution is -0.137. The number of nitrogens with one attached hydrogen (secondary N) is 1. The molecule has 1 saturated carbocycles. The Balaban J connectivity index is 2.48. The highest BCUT2D eigenvalue weighted by atomic mass is 16.6. The van der Waals surface area contributed by atoms with Gasteiger partial charge in [0.25, 0.3) is 0 Å². The van der Waals surface area contributed by atoms with Crippen molar-refractivity contribution in [1.29, 1.82) is 0 Å². The monoisotopic (exact) mass is 344 g/mol. The lowest BCUT2D eigenvalue weighted by Crippen LogP contribution is -2.58.